The molecule has 0 unspecified atom stereocenters. The van der Waals surface area contributed by atoms with Crippen LogP contribution in [0.5, 0.6) is 0 Å². The standard InChI is InChI=1S/C17H20N8O2S/c1-4-5-14(7-6-12(2)28(19,26)27)22-17-23-16-15(13(10-18)11-20-3)21-8-9-25(16)24-17/h4-6,8-11H,2,18H2,1,3H3,(H,22,24)(H2,19,26,27)/b5-4-,13-10?,20-11?. The molecule has 0 radical (unpaired) electrons. The van der Waals surface area contributed by atoms with Gasteiger partial charge in [0.05, 0.1) is 10.6 Å². The number of aromatic nitrogens is 4. The van der Waals surface area contributed by atoms with E-state index in [0.717, 1.165) is 6.08 Å². The third-order valence-corrected chi connectivity index (χ3v) is 4.16. The van der Waals surface area contributed by atoms with E-state index in [1.165, 1.54) is 10.7 Å². The molecule has 0 atom stereocenters. The summed E-state index contributed by atoms with van der Waals surface area (Å²) in [5, 5.41) is 12.3. The molecule has 5 N–H and O–H groups in total. The van der Waals surface area contributed by atoms with E-state index in [9.17, 15) is 8.42 Å². The Kier molecular flexibility index (Phi) is 6.61. The minimum atomic E-state index is -3.88. The Morgan fingerprint density at radius 1 is 1.46 bits per heavy atom. The Balaban J connectivity index is 2.47. The predicted octanol–water partition coefficient (Wildman–Crippen LogP) is 0.954. The summed E-state index contributed by atoms with van der Waals surface area (Å²) in [7, 11) is -2.26. The topological polar surface area (TPSA) is 154 Å². The molecule has 11 heteroatoms. The van der Waals surface area contributed by atoms with Gasteiger partial charge in [0.25, 0.3) is 0 Å². The monoisotopic (exact) mass is 400 g/mol. The van der Waals surface area contributed by atoms with E-state index in [-0.39, 0.29) is 10.9 Å². The van der Waals surface area contributed by atoms with Gasteiger partial charge in [-0.05, 0) is 13.0 Å². The zero-order valence-electron chi connectivity index (χ0n) is 15.4. The number of aliphatic imine (C=N–C) groups is 1. The molecule has 0 fully saturated rings. The van der Waals surface area contributed by atoms with Crippen molar-refractivity contribution in [2.24, 2.45) is 15.9 Å². The first-order valence-corrected chi connectivity index (χ1v) is 9.48. The minimum absolute atomic E-state index is 0.245. The van der Waals surface area contributed by atoms with Crippen LogP contribution in [0.25, 0.3) is 11.2 Å². The molecule has 2 heterocycles. The Bertz CT molecular complexity index is 1150. The molecule has 10 nitrogen and oxygen atoms in total. The maximum atomic E-state index is 11.3. The van der Waals surface area contributed by atoms with Crippen LogP contribution in [-0.4, -0.2) is 41.3 Å². The van der Waals surface area contributed by atoms with Crippen molar-refractivity contribution < 1.29 is 8.42 Å². The molecule has 0 spiro atoms. The van der Waals surface area contributed by atoms with Gasteiger partial charge in [0, 0.05) is 43.5 Å². The summed E-state index contributed by atoms with van der Waals surface area (Å²) in [5.74, 6) is 0.245. The first-order valence-electron chi connectivity index (χ1n) is 7.94. The van der Waals surface area contributed by atoms with Crippen molar-refractivity contribution in [2.75, 3.05) is 12.4 Å². The normalized spacial score (nSPS) is 12.5. The number of rotatable bonds is 7. The second kappa shape index (κ2) is 8.91. The van der Waals surface area contributed by atoms with Gasteiger partial charge in [-0.25, -0.2) is 18.1 Å². The van der Waals surface area contributed by atoms with Crippen LogP contribution in [0.2, 0.25) is 0 Å². The largest absolute Gasteiger partial charge is 0.404 e. The molecule has 0 aliphatic rings. The van der Waals surface area contributed by atoms with Crippen LogP contribution >= 0.6 is 0 Å². The van der Waals surface area contributed by atoms with Gasteiger partial charge in [0.2, 0.25) is 16.0 Å². The van der Waals surface area contributed by atoms with E-state index in [2.05, 4.69) is 37.7 Å². The Hall–Kier alpha value is -3.53. The number of nitrogens with zero attached hydrogens (tertiary/aromatic N) is 5. The molecule has 0 aromatic carbocycles. The predicted molar refractivity (Wildman–Crippen MR) is 110 cm³/mol. The summed E-state index contributed by atoms with van der Waals surface area (Å²) < 4.78 is 24.0. The van der Waals surface area contributed by atoms with Gasteiger partial charge < -0.3 is 11.1 Å². The van der Waals surface area contributed by atoms with Crippen LogP contribution in [-0.2, 0) is 10.0 Å². The molecule has 0 aliphatic carbocycles. The maximum Gasteiger partial charge on any atom is 0.248 e. The number of hydrogen-bond acceptors (Lipinski definition) is 8. The second-order valence-corrected chi connectivity index (χ2v) is 6.94. The molecule has 146 valence electrons. The van der Waals surface area contributed by atoms with E-state index in [1.807, 2.05) is 0 Å². The highest BCUT2D eigenvalue weighted by Gasteiger charge is 2.12. The first-order chi connectivity index (χ1) is 13.3. The number of nitrogens with one attached hydrogen (secondary N) is 1. The number of nitrogens with two attached hydrogens (primary N) is 2. The molecular weight excluding hydrogens is 380 g/mol. The number of primary sulfonamides is 1. The summed E-state index contributed by atoms with van der Waals surface area (Å²) in [5.41, 5.74) is 10.4. The molecule has 2 aromatic heterocycles. The van der Waals surface area contributed by atoms with Gasteiger partial charge in [-0.15, -0.1) is 5.10 Å². The summed E-state index contributed by atoms with van der Waals surface area (Å²) in [4.78, 5) is 12.4. The molecule has 0 amide bonds. The highest BCUT2D eigenvalue weighted by Crippen LogP contribution is 2.16. The Morgan fingerprint density at radius 2 is 2.21 bits per heavy atom. The Labute approximate surface area is 162 Å². The van der Waals surface area contributed by atoms with Crippen LogP contribution in [0, 0.1) is 0 Å². The van der Waals surface area contributed by atoms with Crippen LogP contribution < -0.4 is 16.2 Å². The number of hydrogen-bond donors (Lipinski definition) is 3. The van der Waals surface area contributed by atoms with E-state index in [1.54, 1.807) is 44.7 Å². The summed E-state index contributed by atoms with van der Waals surface area (Å²) in [6.45, 7) is 5.18. The molecular formula is C17H20N8O2S. The second-order valence-electron chi connectivity index (χ2n) is 5.33. The lowest BCUT2D eigenvalue weighted by Gasteiger charge is -2.00. The third-order valence-electron chi connectivity index (χ3n) is 3.31. The van der Waals surface area contributed by atoms with Gasteiger partial charge in [-0.1, -0.05) is 18.4 Å². The molecule has 28 heavy (non-hydrogen) atoms. The molecule has 2 aromatic rings. The van der Waals surface area contributed by atoms with Gasteiger partial charge in [0.15, 0.2) is 5.65 Å². The van der Waals surface area contributed by atoms with Gasteiger partial charge in [0.1, 0.15) is 5.69 Å². The summed E-state index contributed by atoms with van der Waals surface area (Å²) >= 11 is 0. The summed E-state index contributed by atoms with van der Waals surface area (Å²) in [6, 6.07) is 0. The SMILES string of the molecule is C=C(C=C=C(/C=C\C)Nc1nc2c(C(C=NC)=CN)nccn2n1)S(N)(=O)=O. The highest BCUT2D eigenvalue weighted by atomic mass is 32.2. The van der Waals surface area contributed by atoms with Crippen molar-refractivity contribution in [3.05, 3.63) is 65.4 Å². The van der Waals surface area contributed by atoms with Crippen molar-refractivity contribution in [3.8, 4) is 0 Å². The number of fused-ring (bicyclic) bond motifs is 1. The average molecular weight is 400 g/mol. The van der Waals surface area contributed by atoms with Gasteiger partial charge in [-0.3, -0.25) is 9.98 Å². The number of anilines is 1. The smallest absolute Gasteiger partial charge is 0.248 e. The van der Waals surface area contributed by atoms with Crippen LogP contribution in [0.15, 0.2) is 64.7 Å². The first kappa shape index (κ1) is 20.8. The number of allylic oxidation sites excluding steroid dienone is 3. The average Bonchev–Trinajstić information content (AvgIpc) is 3.05. The van der Waals surface area contributed by atoms with E-state index < -0.39 is 10.0 Å². The lowest BCUT2D eigenvalue weighted by Crippen LogP contribution is -2.12. The van der Waals surface area contributed by atoms with Crippen molar-refractivity contribution in [1.82, 2.24) is 19.6 Å². The van der Waals surface area contributed by atoms with E-state index in [0.29, 0.717) is 22.6 Å². The summed E-state index contributed by atoms with van der Waals surface area (Å²) in [6.07, 6.45) is 10.7. The molecule has 0 saturated heterocycles. The zero-order chi connectivity index (χ0) is 20.7. The molecule has 0 aliphatic heterocycles. The molecule has 0 bridgehead atoms. The Morgan fingerprint density at radius 3 is 2.82 bits per heavy atom. The van der Waals surface area contributed by atoms with E-state index in [4.69, 9.17) is 10.9 Å². The minimum Gasteiger partial charge on any atom is -0.404 e. The lowest BCUT2D eigenvalue weighted by molar-refractivity contribution is 0.604. The molecule has 0 saturated carbocycles. The quantitative estimate of drug-likeness (QED) is 0.355. The molecule has 2 rings (SSSR count). The van der Waals surface area contributed by atoms with Gasteiger partial charge >= 0.3 is 0 Å². The van der Waals surface area contributed by atoms with Crippen molar-refractivity contribution >= 4 is 33.4 Å². The van der Waals surface area contributed by atoms with Crippen molar-refractivity contribution in [3.63, 3.8) is 0 Å². The lowest BCUT2D eigenvalue weighted by atomic mass is 10.2. The maximum absolute atomic E-state index is 11.3. The van der Waals surface area contributed by atoms with Crippen molar-refractivity contribution in [1.29, 1.82) is 0 Å². The van der Waals surface area contributed by atoms with Gasteiger partial charge in [-0.2, -0.15) is 4.98 Å². The van der Waals surface area contributed by atoms with Crippen molar-refractivity contribution in [2.45, 2.75) is 6.92 Å². The van der Waals surface area contributed by atoms with Crippen LogP contribution in [0.4, 0.5) is 5.95 Å². The van der Waals surface area contributed by atoms with Crippen LogP contribution in [0.1, 0.15) is 12.6 Å². The third kappa shape index (κ3) is 5.01. The fourth-order valence-corrected chi connectivity index (χ4v) is 2.27. The number of sulfonamides is 1. The van der Waals surface area contributed by atoms with Crippen LogP contribution in [0.3, 0.4) is 0 Å². The van der Waals surface area contributed by atoms with E-state index >= 15 is 0 Å². The highest BCUT2D eigenvalue weighted by molar-refractivity contribution is 7.93. The zero-order valence-corrected chi connectivity index (χ0v) is 16.2. The fraction of sp³-hybridized carbons (Fsp3) is 0.118. The fourth-order valence-electron chi connectivity index (χ4n) is 2.05.